The standard InChI is InChI=1S/C5H5S/c1-2-3-4-5-6/h4H2,1H3. The molecule has 0 atom stereocenters. The summed E-state index contributed by atoms with van der Waals surface area (Å²) in [6.45, 7) is 1.78. The van der Waals surface area contributed by atoms with Crippen molar-refractivity contribution in [3.8, 4) is 11.8 Å². The Balaban J connectivity index is 3.00. The van der Waals surface area contributed by atoms with E-state index >= 15 is 0 Å². The summed E-state index contributed by atoms with van der Waals surface area (Å²) in [5.41, 5.74) is 0. The van der Waals surface area contributed by atoms with E-state index in [2.05, 4.69) is 29.4 Å². The molecule has 1 radical (unpaired) electrons. The Morgan fingerprint density at radius 2 is 2.33 bits per heavy atom. The van der Waals surface area contributed by atoms with Crippen LogP contribution in [0, 0.1) is 11.8 Å². The molecule has 0 aliphatic rings. The van der Waals surface area contributed by atoms with Gasteiger partial charge >= 0.3 is 0 Å². The maximum Gasteiger partial charge on any atom is 0.0454 e. The molecule has 0 spiro atoms. The molecule has 0 amide bonds. The van der Waals surface area contributed by atoms with Gasteiger partial charge in [0.25, 0.3) is 0 Å². The lowest BCUT2D eigenvalue weighted by Crippen LogP contribution is -1.58. The van der Waals surface area contributed by atoms with E-state index in [4.69, 9.17) is 0 Å². The predicted octanol–water partition coefficient (Wildman–Crippen LogP) is 1.28. The molecule has 0 rings (SSSR count). The van der Waals surface area contributed by atoms with Crippen LogP contribution in [0.4, 0.5) is 0 Å². The number of rotatable bonds is 1. The molecule has 0 saturated carbocycles. The highest BCUT2D eigenvalue weighted by Gasteiger charge is 1.59. The van der Waals surface area contributed by atoms with Crippen LogP contribution in [0.5, 0.6) is 0 Å². The van der Waals surface area contributed by atoms with Crippen molar-refractivity contribution in [3.63, 3.8) is 0 Å². The fourth-order valence-electron chi connectivity index (χ4n) is 0.124. The summed E-state index contributed by atoms with van der Waals surface area (Å²) >= 11 is 4.36. The van der Waals surface area contributed by atoms with Gasteiger partial charge in [-0.25, -0.2) is 0 Å². The minimum absolute atomic E-state index is 0.617. The van der Waals surface area contributed by atoms with E-state index < -0.39 is 0 Å². The van der Waals surface area contributed by atoms with E-state index in [-0.39, 0.29) is 0 Å². The second kappa shape index (κ2) is 4.65. The van der Waals surface area contributed by atoms with Crippen LogP contribution in [0.3, 0.4) is 0 Å². The Morgan fingerprint density at radius 3 is 2.50 bits per heavy atom. The lowest BCUT2D eigenvalue weighted by atomic mass is 10.5. The van der Waals surface area contributed by atoms with Gasteiger partial charge in [0.05, 0.1) is 0 Å². The SMILES string of the molecule is CC#CC[C]=S. The Hall–Kier alpha value is -0.350. The Labute approximate surface area is 43.6 Å². The molecule has 0 unspecified atom stereocenters. The highest BCUT2D eigenvalue weighted by atomic mass is 32.1. The lowest BCUT2D eigenvalue weighted by molar-refractivity contribution is 1.67. The molecular formula is C5H5S. The van der Waals surface area contributed by atoms with Crippen LogP contribution in [0.25, 0.3) is 0 Å². The average Bonchev–Trinajstić information content (AvgIpc) is 1.61. The maximum absolute atomic E-state index is 4.36. The van der Waals surface area contributed by atoms with Crippen molar-refractivity contribution >= 4 is 17.6 Å². The van der Waals surface area contributed by atoms with Crippen LogP contribution in [0.2, 0.25) is 0 Å². The normalized spacial score (nSPS) is 5.50. The largest absolute Gasteiger partial charge is 0.106 e. The summed E-state index contributed by atoms with van der Waals surface area (Å²) in [6.07, 6.45) is 0.617. The zero-order valence-electron chi connectivity index (χ0n) is 3.62. The van der Waals surface area contributed by atoms with Gasteiger partial charge in [-0.15, -0.1) is 5.92 Å². The first-order chi connectivity index (χ1) is 2.91. The smallest absolute Gasteiger partial charge is 0.0454 e. The fourth-order valence-corrected chi connectivity index (χ4v) is 0.197. The summed E-state index contributed by atoms with van der Waals surface area (Å²) in [6, 6.07) is 0. The van der Waals surface area contributed by atoms with Gasteiger partial charge in [0.1, 0.15) is 0 Å². The highest BCUT2D eigenvalue weighted by Crippen LogP contribution is 1.64. The van der Waals surface area contributed by atoms with Gasteiger partial charge in [-0.2, -0.15) is 0 Å². The van der Waals surface area contributed by atoms with Crippen molar-refractivity contribution in [3.05, 3.63) is 0 Å². The van der Waals surface area contributed by atoms with Crippen molar-refractivity contribution in [2.45, 2.75) is 13.3 Å². The topological polar surface area (TPSA) is 0 Å². The Bertz CT molecular complexity index is 83.8. The Morgan fingerprint density at radius 1 is 1.67 bits per heavy atom. The van der Waals surface area contributed by atoms with Crippen LogP contribution < -0.4 is 0 Å². The molecule has 0 fully saturated rings. The van der Waals surface area contributed by atoms with Gasteiger partial charge < -0.3 is 0 Å². The Kier molecular flexibility index (Phi) is 4.38. The summed E-state index contributed by atoms with van der Waals surface area (Å²) in [4.78, 5) is 0. The van der Waals surface area contributed by atoms with Crippen molar-refractivity contribution in [1.29, 1.82) is 0 Å². The molecule has 0 aromatic heterocycles. The second-order valence-electron chi connectivity index (χ2n) is 0.748. The van der Waals surface area contributed by atoms with Crippen LogP contribution >= 0.6 is 12.2 Å². The zero-order valence-corrected chi connectivity index (χ0v) is 4.43. The molecule has 0 aromatic carbocycles. The molecule has 0 nitrogen and oxygen atoms in total. The van der Waals surface area contributed by atoms with Gasteiger partial charge in [-0.05, 0) is 6.92 Å². The molecule has 0 saturated heterocycles. The van der Waals surface area contributed by atoms with E-state index in [9.17, 15) is 0 Å². The molecule has 0 aliphatic heterocycles. The lowest BCUT2D eigenvalue weighted by Gasteiger charge is -1.60. The van der Waals surface area contributed by atoms with E-state index in [1.807, 2.05) is 0 Å². The first kappa shape index (κ1) is 5.65. The first-order valence-electron chi connectivity index (χ1n) is 1.66. The van der Waals surface area contributed by atoms with Crippen molar-refractivity contribution in [2.24, 2.45) is 0 Å². The number of hydrogen-bond acceptors (Lipinski definition) is 1. The van der Waals surface area contributed by atoms with Gasteiger partial charge in [-0.3, -0.25) is 0 Å². The third-order valence-electron chi connectivity index (χ3n) is 0.337. The van der Waals surface area contributed by atoms with Crippen molar-refractivity contribution in [2.75, 3.05) is 0 Å². The zero-order chi connectivity index (χ0) is 4.83. The summed E-state index contributed by atoms with van der Waals surface area (Å²) < 4.78 is 0. The summed E-state index contributed by atoms with van der Waals surface area (Å²) in [5, 5.41) is 2.48. The van der Waals surface area contributed by atoms with Crippen LogP contribution in [-0.2, 0) is 0 Å². The summed E-state index contributed by atoms with van der Waals surface area (Å²) in [7, 11) is 0. The van der Waals surface area contributed by atoms with Crippen molar-refractivity contribution in [1.82, 2.24) is 0 Å². The van der Waals surface area contributed by atoms with Gasteiger partial charge in [0.2, 0.25) is 0 Å². The van der Waals surface area contributed by atoms with Gasteiger partial charge in [0, 0.05) is 11.8 Å². The number of hydrogen-bond donors (Lipinski definition) is 0. The predicted molar refractivity (Wildman–Crippen MR) is 30.7 cm³/mol. The molecular weight excluding hydrogens is 92.1 g/mol. The van der Waals surface area contributed by atoms with Crippen LogP contribution in [0.15, 0.2) is 0 Å². The first-order valence-corrected chi connectivity index (χ1v) is 2.07. The molecule has 0 heterocycles. The molecule has 1 heteroatoms. The molecule has 0 aliphatic carbocycles. The van der Waals surface area contributed by atoms with Gasteiger partial charge in [-0.1, -0.05) is 18.1 Å². The molecule has 0 aromatic rings. The monoisotopic (exact) mass is 97.0 g/mol. The quantitative estimate of drug-likeness (QED) is 0.351. The minimum atomic E-state index is 0.617. The van der Waals surface area contributed by atoms with Crippen LogP contribution in [-0.4, -0.2) is 5.37 Å². The van der Waals surface area contributed by atoms with E-state index in [0.29, 0.717) is 6.42 Å². The maximum atomic E-state index is 4.36. The highest BCUT2D eigenvalue weighted by molar-refractivity contribution is 7.79. The molecule has 6 heavy (non-hydrogen) atoms. The van der Waals surface area contributed by atoms with Crippen LogP contribution in [0.1, 0.15) is 13.3 Å². The molecule has 31 valence electrons. The van der Waals surface area contributed by atoms with Gasteiger partial charge in [0.15, 0.2) is 0 Å². The average molecular weight is 97.2 g/mol. The van der Waals surface area contributed by atoms with E-state index in [0.717, 1.165) is 0 Å². The minimum Gasteiger partial charge on any atom is -0.106 e. The molecule has 0 bridgehead atoms. The summed E-state index contributed by atoms with van der Waals surface area (Å²) in [5.74, 6) is 5.42. The second-order valence-corrected chi connectivity index (χ2v) is 1.04. The van der Waals surface area contributed by atoms with Crippen molar-refractivity contribution < 1.29 is 0 Å². The third kappa shape index (κ3) is 3.65. The number of thiocarbonyl (C=S) groups is 1. The molecule has 0 N–H and O–H groups in total. The van der Waals surface area contributed by atoms with E-state index in [1.165, 1.54) is 0 Å². The third-order valence-corrected chi connectivity index (χ3v) is 0.482. The van der Waals surface area contributed by atoms with E-state index in [1.54, 1.807) is 6.92 Å². The fraction of sp³-hybridized carbons (Fsp3) is 0.400.